The molecule has 4 rings (SSSR count). The van der Waals surface area contributed by atoms with E-state index in [1.165, 1.54) is 5.56 Å². The number of thiophene rings is 1. The molecule has 0 radical (unpaired) electrons. The maximum Gasteiger partial charge on any atom is 0.236 e. The number of oxazole rings is 1. The van der Waals surface area contributed by atoms with Crippen LogP contribution in [-0.2, 0) is 11.3 Å². The van der Waals surface area contributed by atoms with Gasteiger partial charge in [0.2, 0.25) is 5.89 Å². The molecule has 1 aliphatic heterocycles. The molecule has 25 heavy (non-hydrogen) atoms. The Bertz CT molecular complexity index is 847. The van der Waals surface area contributed by atoms with Crippen LogP contribution in [0.3, 0.4) is 0 Å². The topological polar surface area (TPSA) is 38.5 Å². The highest BCUT2D eigenvalue weighted by atomic mass is 79.9. The zero-order valence-corrected chi connectivity index (χ0v) is 16.3. The fourth-order valence-corrected chi connectivity index (χ4v) is 4.11. The highest BCUT2D eigenvalue weighted by Gasteiger charge is 2.24. The standard InChI is InChI=1S/C19H19BrN2O2S/c1-13-16(21-19(24-13)18-6-3-9-25-18)11-22-7-8-23-17(12-22)14-4-2-5-15(20)10-14/h2-6,9-10,17H,7-8,11-12H2,1H3. The van der Waals surface area contributed by atoms with Crippen molar-refractivity contribution in [3.63, 3.8) is 0 Å². The van der Waals surface area contributed by atoms with Crippen molar-refractivity contribution >= 4 is 27.3 Å². The van der Waals surface area contributed by atoms with E-state index in [1.807, 2.05) is 30.5 Å². The van der Waals surface area contributed by atoms with Gasteiger partial charge in [-0.05, 0) is 36.1 Å². The van der Waals surface area contributed by atoms with Crippen molar-refractivity contribution < 1.29 is 9.15 Å². The molecule has 2 aromatic heterocycles. The van der Waals surface area contributed by atoms with Gasteiger partial charge in [-0.1, -0.05) is 34.1 Å². The second kappa shape index (κ2) is 7.41. The summed E-state index contributed by atoms with van der Waals surface area (Å²) in [5.74, 6) is 1.62. The van der Waals surface area contributed by atoms with Crippen molar-refractivity contribution in [3.8, 4) is 10.8 Å². The van der Waals surface area contributed by atoms with Gasteiger partial charge in [0.15, 0.2) is 0 Å². The van der Waals surface area contributed by atoms with E-state index in [9.17, 15) is 0 Å². The lowest BCUT2D eigenvalue weighted by molar-refractivity contribution is -0.0333. The molecule has 0 bridgehead atoms. The summed E-state index contributed by atoms with van der Waals surface area (Å²) in [5.41, 5.74) is 2.22. The Hall–Kier alpha value is -1.47. The van der Waals surface area contributed by atoms with Crippen LogP contribution in [0, 0.1) is 6.92 Å². The highest BCUT2D eigenvalue weighted by Crippen LogP contribution is 2.28. The van der Waals surface area contributed by atoms with Gasteiger partial charge in [0.25, 0.3) is 0 Å². The highest BCUT2D eigenvalue weighted by molar-refractivity contribution is 9.10. The van der Waals surface area contributed by atoms with E-state index in [4.69, 9.17) is 14.1 Å². The summed E-state index contributed by atoms with van der Waals surface area (Å²) >= 11 is 5.19. The summed E-state index contributed by atoms with van der Waals surface area (Å²) in [5, 5.41) is 2.04. The van der Waals surface area contributed by atoms with Crippen LogP contribution in [0.1, 0.15) is 23.1 Å². The summed E-state index contributed by atoms with van der Waals surface area (Å²) in [6.07, 6.45) is 0.0928. The minimum atomic E-state index is 0.0928. The van der Waals surface area contributed by atoms with Gasteiger partial charge in [-0.3, -0.25) is 4.90 Å². The van der Waals surface area contributed by atoms with Crippen molar-refractivity contribution in [1.82, 2.24) is 9.88 Å². The molecule has 6 heteroatoms. The molecule has 130 valence electrons. The zero-order chi connectivity index (χ0) is 17.2. The minimum absolute atomic E-state index is 0.0928. The third-order valence-electron chi connectivity index (χ3n) is 4.37. The predicted molar refractivity (Wildman–Crippen MR) is 103 cm³/mol. The zero-order valence-electron chi connectivity index (χ0n) is 13.9. The van der Waals surface area contributed by atoms with Gasteiger partial charge < -0.3 is 9.15 Å². The van der Waals surface area contributed by atoms with Crippen LogP contribution in [0.15, 0.2) is 50.7 Å². The van der Waals surface area contributed by atoms with E-state index >= 15 is 0 Å². The number of ether oxygens (including phenoxy) is 1. The molecular weight excluding hydrogens is 400 g/mol. The summed E-state index contributed by atoms with van der Waals surface area (Å²) in [6, 6.07) is 12.4. The Labute approximate surface area is 159 Å². The van der Waals surface area contributed by atoms with Crippen molar-refractivity contribution in [2.75, 3.05) is 19.7 Å². The van der Waals surface area contributed by atoms with E-state index in [0.29, 0.717) is 0 Å². The van der Waals surface area contributed by atoms with E-state index < -0.39 is 0 Å². The number of nitrogens with zero attached hydrogens (tertiary/aromatic N) is 2. The molecule has 1 fully saturated rings. The molecule has 3 heterocycles. The number of rotatable bonds is 4. The largest absolute Gasteiger partial charge is 0.440 e. The maximum atomic E-state index is 5.98. The summed E-state index contributed by atoms with van der Waals surface area (Å²) < 4.78 is 12.9. The van der Waals surface area contributed by atoms with Crippen LogP contribution in [0.4, 0.5) is 0 Å². The van der Waals surface area contributed by atoms with E-state index in [0.717, 1.165) is 52.9 Å². The SMILES string of the molecule is Cc1oc(-c2cccs2)nc1CN1CCOC(c2cccc(Br)c2)C1. The number of morpholine rings is 1. The van der Waals surface area contributed by atoms with Crippen LogP contribution in [0.25, 0.3) is 10.8 Å². The molecule has 1 aromatic carbocycles. The third kappa shape index (κ3) is 3.87. The van der Waals surface area contributed by atoms with Gasteiger partial charge >= 0.3 is 0 Å². The van der Waals surface area contributed by atoms with Gasteiger partial charge in [-0.2, -0.15) is 0 Å². The molecule has 0 spiro atoms. The molecule has 0 N–H and O–H groups in total. The van der Waals surface area contributed by atoms with Gasteiger partial charge in [-0.25, -0.2) is 4.98 Å². The fraction of sp³-hybridized carbons (Fsp3) is 0.316. The smallest absolute Gasteiger partial charge is 0.236 e. The summed E-state index contributed by atoms with van der Waals surface area (Å²) in [4.78, 5) is 8.17. The average molecular weight is 419 g/mol. The maximum absolute atomic E-state index is 5.98. The molecule has 0 saturated carbocycles. The monoisotopic (exact) mass is 418 g/mol. The Kier molecular flexibility index (Phi) is 5.03. The molecule has 0 aliphatic carbocycles. The summed E-state index contributed by atoms with van der Waals surface area (Å²) in [6.45, 7) is 5.27. The van der Waals surface area contributed by atoms with Crippen molar-refractivity contribution in [1.29, 1.82) is 0 Å². The van der Waals surface area contributed by atoms with Gasteiger partial charge in [0, 0.05) is 24.1 Å². The molecule has 1 saturated heterocycles. The van der Waals surface area contributed by atoms with Crippen molar-refractivity contribution in [3.05, 3.63) is 63.3 Å². The van der Waals surface area contributed by atoms with Gasteiger partial charge in [0.05, 0.1) is 23.3 Å². The molecule has 1 unspecified atom stereocenters. The Balaban J connectivity index is 1.47. The predicted octanol–water partition coefficient (Wildman–Crippen LogP) is 5.05. The number of aromatic nitrogens is 1. The second-order valence-electron chi connectivity index (χ2n) is 6.15. The first-order valence-corrected chi connectivity index (χ1v) is 9.96. The molecule has 1 aliphatic rings. The quantitative estimate of drug-likeness (QED) is 0.594. The van der Waals surface area contributed by atoms with Crippen LogP contribution >= 0.6 is 27.3 Å². The number of hydrogen-bond donors (Lipinski definition) is 0. The Morgan fingerprint density at radius 1 is 1.32 bits per heavy atom. The van der Waals surface area contributed by atoms with E-state index in [1.54, 1.807) is 11.3 Å². The van der Waals surface area contributed by atoms with E-state index in [-0.39, 0.29) is 6.10 Å². The Morgan fingerprint density at radius 3 is 3.04 bits per heavy atom. The number of benzene rings is 1. The van der Waals surface area contributed by atoms with Gasteiger partial charge in [0.1, 0.15) is 5.76 Å². The van der Waals surface area contributed by atoms with Crippen LogP contribution in [0.2, 0.25) is 0 Å². The summed E-state index contributed by atoms with van der Waals surface area (Å²) in [7, 11) is 0. The van der Waals surface area contributed by atoms with Crippen molar-refractivity contribution in [2.24, 2.45) is 0 Å². The second-order valence-corrected chi connectivity index (χ2v) is 8.01. The van der Waals surface area contributed by atoms with Crippen LogP contribution in [0.5, 0.6) is 0 Å². The first-order chi connectivity index (χ1) is 12.2. The van der Waals surface area contributed by atoms with Crippen LogP contribution in [-0.4, -0.2) is 29.6 Å². The molecule has 3 aromatic rings. The first kappa shape index (κ1) is 17.0. The average Bonchev–Trinajstić information content (AvgIpc) is 3.26. The Morgan fingerprint density at radius 2 is 2.24 bits per heavy atom. The lowest BCUT2D eigenvalue weighted by Crippen LogP contribution is -2.38. The lowest BCUT2D eigenvalue weighted by atomic mass is 10.1. The molecule has 4 nitrogen and oxygen atoms in total. The number of hydrogen-bond acceptors (Lipinski definition) is 5. The fourth-order valence-electron chi connectivity index (χ4n) is 3.05. The molecule has 0 amide bonds. The molecular formula is C19H19BrN2O2S. The first-order valence-electron chi connectivity index (χ1n) is 8.28. The van der Waals surface area contributed by atoms with Gasteiger partial charge in [-0.15, -0.1) is 11.3 Å². The number of halogens is 1. The number of aryl methyl sites for hydroxylation is 1. The third-order valence-corrected chi connectivity index (χ3v) is 5.72. The van der Waals surface area contributed by atoms with E-state index in [2.05, 4.69) is 39.0 Å². The normalized spacial score (nSPS) is 18.6. The molecule has 1 atom stereocenters. The van der Waals surface area contributed by atoms with Crippen molar-refractivity contribution in [2.45, 2.75) is 19.6 Å². The minimum Gasteiger partial charge on any atom is -0.440 e. The lowest BCUT2D eigenvalue weighted by Gasteiger charge is -2.32. The van der Waals surface area contributed by atoms with Crippen LogP contribution < -0.4 is 0 Å².